The van der Waals surface area contributed by atoms with Gasteiger partial charge < -0.3 is 13.3 Å². The van der Waals surface area contributed by atoms with Crippen LogP contribution in [0.15, 0.2) is 0 Å². The Morgan fingerprint density at radius 2 is 1.06 bits per heavy atom. The van der Waals surface area contributed by atoms with Gasteiger partial charge in [0.15, 0.2) is 0 Å². The first-order valence-corrected chi connectivity index (χ1v) is 22.0. The molecule has 0 N–H and O–H groups in total. The quantitative estimate of drug-likeness (QED) is 0.0790. The van der Waals surface area contributed by atoms with Crippen LogP contribution in [0, 0.1) is 11.8 Å². The fourth-order valence-corrected chi connectivity index (χ4v) is 13.3. The summed E-state index contributed by atoms with van der Waals surface area (Å²) in [5.74, 6) is 4.11. The molecule has 2 unspecified atom stereocenters. The van der Waals surface area contributed by atoms with Crippen molar-refractivity contribution in [1.29, 1.82) is 0 Å². The van der Waals surface area contributed by atoms with Crippen LogP contribution in [-0.4, -0.2) is 48.2 Å². The maximum Gasteiger partial charge on any atom is 0.501 e. The second-order valence-electron chi connectivity index (χ2n) is 9.50. The van der Waals surface area contributed by atoms with Crippen molar-refractivity contribution in [3.8, 4) is 0 Å². The van der Waals surface area contributed by atoms with Crippen molar-refractivity contribution in [2.45, 2.75) is 105 Å². The average Bonchev–Trinajstić information content (AvgIpc) is 2.70. The Balaban J connectivity index is 4.03. The third-order valence-electron chi connectivity index (χ3n) is 5.46. The maximum absolute atomic E-state index is 6.06. The van der Waals surface area contributed by atoms with Gasteiger partial charge in [-0.15, -0.1) is 0 Å². The van der Waals surface area contributed by atoms with Crippen molar-refractivity contribution >= 4 is 48.3 Å². The van der Waals surface area contributed by atoms with Crippen LogP contribution < -0.4 is 0 Å². The SMILES string of the molecule is CCO[Si](CC(CC)CCCSSSCCCC(CC)C[Si](C)(C)C)(OCC)OCC. The zero-order valence-electron chi connectivity index (χ0n) is 21.8. The molecular formula is C23H52O3S3Si2. The summed E-state index contributed by atoms with van der Waals surface area (Å²) in [6.45, 7) is 20.3. The van der Waals surface area contributed by atoms with Crippen molar-refractivity contribution < 1.29 is 13.3 Å². The standard InChI is InChI=1S/C23H52O3S3Si2/c1-9-22(20-30(6,7)8)16-14-18-27-29-28-19-15-17-23(10-2)21-31(24-11-3,25-12-4)26-13-5/h22-23H,9-21H2,1-8H3. The van der Waals surface area contributed by atoms with Crippen LogP contribution in [0.4, 0.5) is 0 Å². The fraction of sp³-hybridized carbons (Fsp3) is 1.00. The summed E-state index contributed by atoms with van der Waals surface area (Å²) in [4.78, 5) is 0. The van der Waals surface area contributed by atoms with Gasteiger partial charge in [-0.25, -0.2) is 0 Å². The highest BCUT2D eigenvalue weighted by Crippen LogP contribution is 2.37. The molecular weight excluding hydrogens is 477 g/mol. The van der Waals surface area contributed by atoms with E-state index in [4.69, 9.17) is 13.3 Å². The van der Waals surface area contributed by atoms with Crippen LogP contribution in [0.5, 0.6) is 0 Å². The average molecular weight is 529 g/mol. The monoisotopic (exact) mass is 528 g/mol. The number of rotatable bonds is 22. The minimum atomic E-state index is -2.51. The Kier molecular flexibility index (Phi) is 20.5. The Morgan fingerprint density at radius 3 is 1.42 bits per heavy atom. The smallest absolute Gasteiger partial charge is 0.374 e. The molecule has 0 saturated heterocycles. The molecule has 0 rings (SSSR count). The fourth-order valence-electron chi connectivity index (χ4n) is 4.05. The van der Waals surface area contributed by atoms with E-state index in [1.807, 2.05) is 41.4 Å². The van der Waals surface area contributed by atoms with Gasteiger partial charge in [0.25, 0.3) is 0 Å². The van der Waals surface area contributed by atoms with E-state index in [0.717, 1.165) is 12.0 Å². The molecule has 0 radical (unpaired) electrons. The third-order valence-corrected chi connectivity index (χ3v) is 14.9. The van der Waals surface area contributed by atoms with Crippen molar-refractivity contribution in [2.75, 3.05) is 31.3 Å². The molecule has 0 aromatic carbocycles. The normalized spacial score (nSPS) is 14.7. The highest BCUT2D eigenvalue weighted by molar-refractivity contribution is 9.09. The third kappa shape index (κ3) is 17.5. The van der Waals surface area contributed by atoms with Crippen molar-refractivity contribution in [2.24, 2.45) is 11.8 Å². The van der Waals surface area contributed by atoms with Gasteiger partial charge in [-0.05, 0) is 68.1 Å². The van der Waals surface area contributed by atoms with Crippen LogP contribution in [0.1, 0.15) is 73.1 Å². The summed E-state index contributed by atoms with van der Waals surface area (Å²) < 4.78 is 18.2. The maximum atomic E-state index is 6.06. The summed E-state index contributed by atoms with van der Waals surface area (Å²) in [5.41, 5.74) is 0. The molecule has 2 atom stereocenters. The molecule has 0 aromatic rings. The van der Waals surface area contributed by atoms with E-state index in [1.54, 1.807) is 0 Å². The van der Waals surface area contributed by atoms with Crippen LogP contribution in [0.25, 0.3) is 0 Å². The zero-order valence-corrected chi connectivity index (χ0v) is 26.2. The lowest BCUT2D eigenvalue weighted by atomic mass is 10.0. The molecule has 0 aliphatic rings. The first kappa shape index (κ1) is 32.4. The predicted molar refractivity (Wildman–Crippen MR) is 152 cm³/mol. The van der Waals surface area contributed by atoms with Crippen LogP contribution in [-0.2, 0) is 13.3 Å². The highest BCUT2D eigenvalue weighted by Gasteiger charge is 2.42. The Bertz CT molecular complexity index is 395. The molecule has 31 heavy (non-hydrogen) atoms. The van der Waals surface area contributed by atoms with E-state index in [9.17, 15) is 0 Å². The van der Waals surface area contributed by atoms with Crippen LogP contribution in [0.2, 0.25) is 31.7 Å². The van der Waals surface area contributed by atoms with E-state index in [2.05, 4.69) is 44.3 Å². The summed E-state index contributed by atoms with van der Waals surface area (Å²) >= 11 is 0. The molecule has 0 amide bonds. The van der Waals surface area contributed by atoms with Gasteiger partial charge in [0.05, 0.1) is 0 Å². The van der Waals surface area contributed by atoms with Crippen molar-refractivity contribution in [3.05, 3.63) is 0 Å². The Morgan fingerprint density at radius 1 is 0.645 bits per heavy atom. The lowest BCUT2D eigenvalue weighted by molar-refractivity contribution is 0.0663. The highest BCUT2D eigenvalue weighted by atomic mass is 33.5. The Labute approximate surface area is 208 Å². The van der Waals surface area contributed by atoms with Gasteiger partial charge in [0, 0.05) is 45.4 Å². The number of hydrogen-bond acceptors (Lipinski definition) is 6. The first-order valence-electron chi connectivity index (χ1n) is 12.6. The molecule has 0 bridgehead atoms. The van der Waals surface area contributed by atoms with Crippen LogP contribution >= 0.6 is 31.4 Å². The predicted octanol–water partition coefficient (Wildman–Crippen LogP) is 9.02. The van der Waals surface area contributed by atoms with Crippen LogP contribution in [0.3, 0.4) is 0 Å². The second kappa shape index (κ2) is 19.6. The molecule has 3 nitrogen and oxygen atoms in total. The van der Waals surface area contributed by atoms with Gasteiger partial charge in [0.1, 0.15) is 0 Å². The summed E-state index contributed by atoms with van der Waals surface area (Å²) in [6.07, 6.45) is 7.83. The lowest BCUT2D eigenvalue weighted by Gasteiger charge is -2.31. The van der Waals surface area contributed by atoms with E-state index < -0.39 is 16.9 Å². The minimum absolute atomic E-state index is 0.631. The van der Waals surface area contributed by atoms with Gasteiger partial charge in [-0.3, -0.25) is 0 Å². The number of hydrogen-bond donors (Lipinski definition) is 0. The van der Waals surface area contributed by atoms with E-state index >= 15 is 0 Å². The molecule has 0 spiro atoms. The van der Waals surface area contributed by atoms with E-state index in [1.165, 1.54) is 56.1 Å². The van der Waals surface area contributed by atoms with E-state index in [-0.39, 0.29) is 0 Å². The molecule has 8 heteroatoms. The van der Waals surface area contributed by atoms with Crippen molar-refractivity contribution in [3.63, 3.8) is 0 Å². The summed E-state index contributed by atoms with van der Waals surface area (Å²) in [7, 11) is 2.67. The Hall–Kier alpha value is 1.36. The molecule has 0 fully saturated rings. The largest absolute Gasteiger partial charge is 0.501 e. The second-order valence-corrected chi connectivity index (χ2v) is 22.1. The molecule has 0 aromatic heterocycles. The van der Waals surface area contributed by atoms with Gasteiger partial charge in [-0.1, -0.05) is 74.0 Å². The zero-order chi connectivity index (χ0) is 23.6. The van der Waals surface area contributed by atoms with Crippen molar-refractivity contribution in [1.82, 2.24) is 0 Å². The lowest BCUT2D eigenvalue weighted by Crippen LogP contribution is -2.47. The minimum Gasteiger partial charge on any atom is -0.374 e. The molecule has 0 aliphatic carbocycles. The van der Waals surface area contributed by atoms with E-state index in [0.29, 0.717) is 25.7 Å². The first-order chi connectivity index (χ1) is 14.8. The molecule has 188 valence electrons. The summed E-state index contributed by atoms with van der Waals surface area (Å²) in [6, 6.07) is 2.45. The molecule has 0 heterocycles. The molecule has 0 aliphatic heterocycles. The van der Waals surface area contributed by atoms with Gasteiger partial charge in [-0.2, -0.15) is 0 Å². The van der Waals surface area contributed by atoms with Gasteiger partial charge >= 0.3 is 8.80 Å². The molecule has 0 saturated carbocycles. The summed E-state index contributed by atoms with van der Waals surface area (Å²) in [5, 5.41) is 0. The van der Waals surface area contributed by atoms with Gasteiger partial charge in [0.2, 0.25) is 0 Å². The topological polar surface area (TPSA) is 27.7 Å².